The average molecular weight is 276 g/mol. The molecule has 0 amide bonds. The number of hydrogen-bond donors (Lipinski definition) is 0. The number of hydrogen-bond acceptors (Lipinski definition) is 5. The summed E-state index contributed by atoms with van der Waals surface area (Å²) in [4.78, 5) is 8.94. The van der Waals surface area contributed by atoms with Gasteiger partial charge in [0.15, 0.2) is 0 Å². The van der Waals surface area contributed by atoms with Gasteiger partial charge in [-0.1, -0.05) is 0 Å². The molecule has 1 aliphatic heterocycles. The molecule has 0 aliphatic carbocycles. The van der Waals surface area contributed by atoms with Crippen molar-refractivity contribution in [3.63, 3.8) is 0 Å². The van der Waals surface area contributed by atoms with E-state index in [2.05, 4.69) is 9.97 Å². The Morgan fingerprint density at radius 2 is 1.79 bits per heavy atom. The van der Waals surface area contributed by atoms with Gasteiger partial charge in [0.2, 0.25) is 0 Å². The van der Waals surface area contributed by atoms with Crippen molar-refractivity contribution < 1.29 is 9.31 Å². The Bertz CT molecular complexity index is 623. The minimum absolute atomic E-state index is 0.346. The lowest BCUT2D eigenvalue weighted by Crippen LogP contribution is -2.41. The van der Waals surface area contributed by atoms with Crippen LogP contribution in [0.5, 0.6) is 0 Å². The molecular formula is C13H17BN2O2S. The van der Waals surface area contributed by atoms with Crippen molar-refractivity contribution in [2.24, 2.45) is 0 Å². The second-order valence-electron chi connectivity index (χ2n) is 5.87. The monoisotopic (exact) mass is 276 g/mol. The third-order valence-corrected chi connectivity index (χ3v) is 4.92. The summed E-state index contributed by atoms with van der Waals surface area (Å²) in [5, 5.41) is 1.03. The summed E-state index contributed by atoms with van der Waals surface area (Å²) in [5.74, 6) is 0. The van der Waals surface area contributed by atoms with E-state index in [1.54, 1.807) is 17.5 Å². The van der Waals surface area contributed by atoms with Crippen molar-refractivity contribution in [3.8, 4) is 0 Å². The predicted molar refractivity (Wildman–Crippen MR) is 77.9 cm³/mol. The van der Waals surface area contributed by atoms with Gasteiger partial charge in [-0.3, -0.25) is 4.98 Å². The third-order valence-electron chi connectivity index (χ3n) is 3.92. The molecule has 0 atom stereocenters. The molecule has 6 heteroatoms. The fourth-order valence-electron chi connectivity index (χ4n) is 2.11. The maximum atomic E-state index is 6.06. The van der Waals surface area contributed by atoms with Gasteiger partial charge >= 0.3 is 7.12 Å². The molecule has 3 rings (SSSR count). The van der Waals surface area contributed by atoms with Crippen LogP contribution in [0.1, 0.15) is 32.7 Å². The molecule has 0 saturated carbocycles. The summed E-state index contributed by atoms with van der Waals surface area (Å²) in [6.07, 6.45) is 1.77. The van der Waals surface area contributed by atoms with E-state index in [-0.39, 0.29) is 11.2 Å². The lowest BCUT2D eigenvalue weighted by molar-refractivity contribution is 0.00578. The zero-order valence-corrected chi connectivity index (χ0v) is 12.7. The highest BCUT2D eigenvalue weighted by atomic mass is 32.1. The Balaban J connectivity index is 2.07. The molecule has 1 fully saturated rings. The van der Waals surface area contributed by atoms with Crippen molar-refractivity contribution in [2.45, 2.75) is 45.8 Å². The topological polar surface area (TPSA) is 44.2 Å². The van der Waals surface area contributed by atoms with Gasteiger partial charge in [0.05, 0.1) is 32.0 Å². The lowest BCUT2D eigenvalue weighted by atomic mass is 9.84. The quantitative estimate of drug-likeness (QED) is 0.750. The number of rotatable bonds is 1. The van der Waals surface area contributed by atoms with Crippen molar-refractivity contribution in [1.82, 2.24) is 9.97 Å². The minimum atomic E-state index is -0.423. The first-order valence-corrected chi connectivity index (χ1v) is 7.19. The summed E-state index contributed by atoms with van der Waals surface area (Å²) < 4.78 is 13.2. The molecule has 1 saturated heterocycles. The molecular weight excluding hydrogens is 259 g/mol. The van der Waals surface area contributed by atoms with Gasteiger partial charge in [-0.2, -0.15) is 0 Å². The average Bonchev–Trinajstić information content (AvgIpc) is 2.75. The smallest absolute Gasteiger partial charge is 0.398 e. The molecule has 100 valence electrons. The maximum Gasteiger partial charge on any atom is 0.516 e. The first-order valence-electron chi connectivity index (χ1n) is 6.38. The van der Waals surface area contributed by atoms with E-state index in [4.69, 9.17) is 9.31 Å². The van der Waals surface area contributed by atoms with Crippen molar-refractivity contribution in [1.29, 1.82) is 0 Å². The fourth-order valence-corrected chi connectivity index (χ4v) is 3.02. The number of fused-ring (bicyclic) bond motifs is 1. The second kappa shape index (κ2) is 4.01. The van der Waals surface area contributed by atoms with Crippen LogP contribution in [0, 0.1) is 6.92 Å². The van der Waals surface area contributed by atoms with Gasteiger partial charge in [0.25, 0.3) is 0 Å². The highest BCUT2D eigenvalue weighted by Crippen LogP contribution is 2.37. The lowest BCUT2D eigenvalue weighted by Gasteiger charge is -2.32. The molecule has 0 N–H and O–H groups in total. The number of aryl methyl sites for hydroxylation is 1. The normalized spacial score (nSPS) is 21.2. The SMILES string of the molecule is Cc1nc2ccnc(B3OC(C)(C)C(C)(C)O3)c2s1. The fraction of sp³-hybridized carbons (Fsp3) is 0.538. The number of thiazole rings is 1. The Morgan fingerprint density at radius 3 is 2.42 bits per heavy atom. The van der Waals surface area contributed by atoms with Crippen LogP contribution >= 0.6 is 11.3 Å². The maximum absolute atomic E-state index is 6.06. The minimum Gasteiger partial charge on any atom is -0.398 e. The molecule has 0 bridgehead atoms. The number of pyridine rings is 1. The van der Waals surface area contributed by atoms with Gasteiger partial charge in [-0.15, -0.1) is 11.3 Å². The highest BCUT2D eigenvalue weighted by molar-refractivity contribution is 7.20. The Labute approximate surface area is 117 Å². The van der Waals surface area contributed by atoms with Crippen molar-refractivity contribution in [2.75, 3.05) is 0 Å². The van der Waals surface area contributed by atoms with E-state index in [1.807, 2.05) is 40.7 Å². The zero-order chi connectivity index (χ0) is 13.8. The van der Waals surface area contributed by atoms with E-state index in [0.717, 1.165) is 20.8 Å². The summed E-state index contributed by atoms with van der Waals surface area (Å²) in [5.41, 5.74) is 1.10. The van der Waals surface area contributed by atoms with Crippen molar-refractivity contribution >= 4 is 34.3 Å². The van der Waals surface area contributed by atoms with Crippen LogP contribution in [0.4, 0.5) is 0 Å². The predicted octanol–water partition coefficient (Wildman–Crippen LogP) is 2.30. The molecule has 2 aromatic rings. The molecule has 4 nitrogen and oxygen atoms in total. The van der Waals surface area contributed by atoms with E-state index >= 15 is 0 Å². The molecule has 0 unspecified atom stereocenters. The van der Waals surface area contributed by atoms with Gasteiger partial charge in [-0.05, 0) is 40.7 Å². The highest BCUT2D eigenvalue weighted by Gasteiger charge is 2.52. The molecule has 0 aromatic carbocycles. The van der Waals surface area contributed by atoms with Crippen LogP contribution in [-0.4, -0.2) is 28.3 Å². The first kappa shape index (κ1) is 13.0. The van der Waals surface area contributed by atoms with Gasteiger partial charge in [-0.25, -0.2) is 4.98 Å². The third kappa shape index (κ3) is 1.98. The van der Waals surface area contributed by atoms with E-state index in [9.17, 15) is 0 Å². The van der Waals surface area contributed by atoms with Crippen LogP contribution < -0.4 is 5.59 Å². The molecule has 1 aliphatic rings. The van der Waals surface area contributed by atoms with Crippen LogP contribution in [-0.2, 0) is 9.31 Å². The summed E-state index contributed by atoms with van der Waals surface area (Å²) in [6, 6.07) is 1.92. The summed E-state index contributed by atoms with van der Waals surface area (Å²) in [6.45, 7) is 10.2. The summed E-state index contributed by atoms with van der Waals surface area (Å²) in [7, 11) is -0.423. The number of nitrogens with zero attached hydrogens (tertiary/aromatic N) is 2. The van der Waals surface area contributed by atoms with Gasteiger partial charge in [0, 0.05) is 6.20 Å². The Hall–Kier alpha value is -0.975. The van der Waals surface area contributed by atoms with Gasteiger partial charge < -0.3 is 9.31 Å². The van der Waals surface area contributed by atoms with Crippen LogP contribution in [0.15, 0.2) is 12.3 Å². The van der Waals surface area contributed by atoms with E-state index < -0.39 is 7.12 Å². The van der Waals surface area contributed by atoms with Gasteiger partial charge in [0.1, 0.15) is 0 Å². The largest absolute Gasteiger partial charge is 0.516 e. The molecule has 0 radical (unpaired) electrons. The molecule has 2 aromatic heterocycles. The molecule has 19 heavy (non-hydrogen) atoms. The van der Waals surface area contributed by atoms with Crippen molar-refractivity contribution in [3.05, 3.63) is 17.3 Å². The Morgan fingerprint density at radius 1 is 1.16 bits per heavy atom. The van der Waals surface area contributed by atoms with Crippen LogP contribution in [0.3, 0.4) is 0 Å². The van der Waals surface area contributed by atoms with Crippen LogP contribution in [0.2, 0.25) is 0 Å². The standard InChI is InChI=1S/C13H17BN2O2S/c1-8-16-9-6-7-15-11(10(9)19-8)14-17-12(2,3)13(4,5)18-14/h6-7H,1-5H3. The second-order valence-corrected chi connectivity index (χ2v) is 7.07. The van der Waals surface area contributed by atoms with Crippen LogP contribution in [0.25, 0.3) is 10.2 Å². The molecule has 0 spiro atoms. The first-order chi connectivity index (χ1) is 8.80. The number of aromatic nitrogens is 2. The Kier molecular flexibility index (Phi) is 2.75. The molecule has 3 heterocycles. The van der Waals surface area contributed by atoms with E-state index in [1.165, 1.54) is 0 Å². The zero-order valence-electron chi connectivity index (χ0n) is 11.9. The summed E-state index contributed by atoms with van der Waals surface area (Å²) >= 11 is 1.63. The van der Waals surface area contributed by atoms with E-state index in [0.29, 0.717) is 0 Å².